The number of ether oxygens (including phenoxy) is 2. The topological polar surface area (TPSA) is 44.5 Å². The fourth-order valence-corrected chi connectivity index (χ4v) is 1.84. The molecule has 2 unspecified atom stereocenters. The van der Waals surface area contributed by atoms with Gasteiger partial charge in [-0.25, -0.2) is 4.39 Å². The highest BCUT2D eigenvalue weighted by Gasteiger charge is 2.34. The van der Waals surface area contributed by atoms with Gasteiger partial charge in [-0.15, -0.1) is 0 Å². The first-order valence-electron chi connectivity index (χ1n) is 5.60. The fourth-order valence-electron chi connectivity index (χ4n) is 1.84. The van der Waals surface area contributed by atoms with Crippen LogP contribution in [-0.2, 0) is 21.7 Å². The summed E-state index contributed by atoms with van der Waals surface area (Å²) < 4.78 is 24.4. The summed E-state index contributed by atoms with van der Waals surface area (Å²) in [7, 11) is 2.78. The third-order valence-corrected chi connectivity index (χ3v) is 2.61. The second kappa shape index (κ2) is 6.10. The summed E-state index contributed by atoms with van der Waals surface area (Å²) >= 11 is 0. The van der Waals surface area contributed by atoms with Gasteiger partial charge in [-0.05, 0) is 18.9 Å². The Kier molecular flexibility index (Phi) is 5.05. The summed E-state index contributed by atoms with van der Waals surface area (Å²) in [4.78, 5) is 0. The quantitative estimate of drug-likeness (QED) is 0.828. The monoisotopic (exact) mass is 241 g/mol. The average molecular weight is 241 g/mol. The van der Waals surface area contributed by atoms with Crippen LogP contribution in [0.5, 0.6) is 0 Å². The lowest BCUT2D eigenvalue weighted by Crippen LogP contribution is -2.31. The molecule has 1 rings (SSSR count). The molecule has 96 valence electrons. The molecule has 17 heavy (non-hydrogen) atoms. The molecule has 0 aliphatic carbocycles. The zero-order valence-electron chi connectivity index (χ0n) is 10.6. The van der Waals surface area contributed by atoms with Gasteiger partial charge in [0, 0.05) is 25.8 Å². The molecule has 0 aliphatic rings. The van der Waals surface area contributed by atoms with E-state index >= 15 is 0 Å². The van der Waals surface area contributed by atoms with Crippen molar-refractivity contribution in [1.82, 2.24) is 0 Å². The van der Waals surface area contributed by atoms with Crippen molar-refractivity contribution in [3.8, 4) is 0 Å². The van der Waals surface area contributed by atoms with Gasteiger partial charge in [0.2, 0.25) is 0 Å². The number of halogens is 1. The lowest BCUT2D eigenvalue weighted by molar-refractivity contribution is -0.165. The highest BCUT2D eigenvalue weighted by molar-refractivity contribution is 5.32. The highest BCUT2D eigenvalue weighted by Crippen LogP contribution is 2.30. The minimum Gasteiger partial charge on any atom is -0.378 e. The lowest BCUT2D eigenvalue weighted by Gasteiger charge is -2.26. The van der Waals surface area contributed by atoms with Crippen molar-refractivity contribution in [2.75, 3.05) is 20.8 Å². The molecule has 0 saturated carbocycles. The average Bonchev–Trinajstić information content (AvgIpc) is 2.29. The zero-order valence-corrected chi connectivity index (χ0v) is 10.6. The third kappa shape index (κ3) is 3.49. The van der Waals surface area contributed by atoms with Crippen LogP contribution in [0.1, 0.15) is 18.1 Å². The van der Waals surface area contributed by atoms with E-state index in [9.17, 15) is 4.39 Å². The van der Waals surface area contributed by atoms with Crippen LogP contribution in [0.3, 0.4) is 0 Å². The highest BCUT2D eigenvalue weighted by atomic mass is 19.2. The molecule has 0 aromatic heterocycles. The Morgan fingerprint density at radius 3 is 2.53 bits per heavy atom. The number of alkyl halides is 1. The third-order valence-electron chi connectivity index (χ3n) is 2.61. The molecule has 2 N–H and O–H groups in total. The molecule has 4 heteroatoms. The Morgan fingerprint density at radius 1 is 1.35 bits per heavy atom. The summed E-state index contributed by atoms with van der Waals surface area (Å²) in [5, 5.41) is 0. The minimum atomic E-state index is -1.92. The second-order valence-corrected chi connectivity index (χ2v) is 4.20. The zero-order chi connectivity index (χ0) is 12.9. The molecule has 0 amide bonds. The summed E-state index contributed by atoms with van der Waals surface area (Å²) in [6, 6.07) is 7.19. The van der Waals surface area contributed by atoms with E-state index < -0.39 is 5.85 Å². The van der Waals surface area contributed by atoms with Gasteiger partial charge < -0.3 is 15.2 Å². The first-order chi connectivity index (χ1) is 8.03. The van der Waals surface area contributed by atoms with Crippen LogP contribution in [0, 0.1) is 0 Å². The van der Waals surface area contributed by atoms with Crippen molar-refractivity contribution < 1.29 is 13.9 Å². The molecule has 0 saturated heterocycles. The van der Waals surface area contributed by atoms with E-state index in [1.165, 1.54) is 14.2 Å². The molecule has 3 nitrogen and oxygen atoms in total. The van der Waals surface area contributed by atoms with Crippen LogP contribution in [0.25, 0.3) is 0 Å². The summed E-state index contributed by atoms with van der Waals surface area (Å²) in [5.74, 6) is -1.92. The van der Waals surface area contributed by atoms with Gasteiger partial charge in [-0.3, -0.25) is 0 Å². The predicted octanol–water partition coefficient (Wildman–Crippen LogP) is 1.99. The van der Waals surface area contributed by atoms with Crippen molar-refractivity contribution in [3.63, 3.8) is 0 Å². The van der Waals surface area contributed by atoms with Gasteiger partial charge in [0.15, 0.2) is 0 Å². The smallest absolute Gasteiger partial charge is 0.259 e. The van der Waals surface area contributed by atoms with Crippen LogP contribution < -0.4 is 5.73 Å². The molecule has 0 spiro atoms. The number of rotatable bonds is 6. The fraction of sp³-hybridized carbons (Fsp3) is 0.538. The first kappa shape index (κ1) is 14.1. The van der Waals surface area contributed by atoms with Crippen LogP contribution in [0.15, 0.2) is 24.3 Å². The second-order valence-electron chi connectivity index (χ2n) is 4.20. The van der Waals surface area contributed by atoms with Gasteiger partial charge in [0.05, 0.1) is 0 Å². The predicted molar refractivity (Wildman–Crippen MR) is 65.5 cm³/mol. The van der Waals surface area contributed by atoms with E-state index in [0.29, 0.717) is 12.0 Å². The molecule has 0 bridgehead atoms. The molecule has 1 aromatic rings. The molecular formula is C13H20FNO2. The van der Waals surface area contributed by atoms with Gasteiger partial charge in [-0.1, -0.05) is 24.3 Å². The van der Waals surface area contributed by atoms with Crippen LogP contribution in [0.4, 0.5) is 4.39 Å². The van der Waals surface area contributed by atoms with Crippen molar-refractivity contribution in [2.45, 2.75) is 25.2 Å². The van der Waals surface area contributed by atoms with Crippen LogP contribution >= 0.6 is 0 Å². The first-order valence-corrected chi connectivity index (χ1v) is 5.60. The molecule has 0 fully saturated rings. The van der Waals surface area contributed by atoms with E-state index in [-0.39, 0.29) is 12.6 Å². The number of hydrogen-bond donors (Lipinski definition) is 1. The largest absolute Gasteiger partial charge is 0.378 e. The maximum atomic E-state index is 14.6. The Balaban J connectivity index is 3.09. The molecule has 0 radical (unpaired) electrons. The molecule has 0 heterocycles. The van der Waals surface area contributed by atoms with E-state index in [4.69, 9.17) is 15.2 Å². The van der Waals surface area contributed by atoms with Crippen molar-refractivity contribution in [2.24, 2.45) is 5.73 Å². The maximum Gasteiger partial charge on any atom is 0.259 e. The minimum absolute atomic E-state index is 0.0280. The van der Waals surface area contributed by atoms with E-state index in [0.717, 1.165) is 5.56 Å². The number of methoxy groups -OCH3 is 2. The van der Waals surface area contributed by atoms with Gasteiger partial charge in [0.1, 0.15) is 6.61 Å². The summed E-state index contributed by atoms with van der Waals surface area (Å²) in [6.07, 6.45) is 0.606. The van der Waals surface area contributed by atoms with Crippen LogP contribution in [0.2, 0.25) is 0 Å². The van der Waals surface area contributed by atoms with E-state index in [2.05, 4.69) is 0 Å². The van der Waals surface area contributed by atoms with E-state index in [1.807, 2.05) is 19.1 Å². The summed E-state index contributed by atoms with van der Waals surface area (Å²) in [5.41, 5.74) is 7.10. The lowest BCUT2D eigenvalue weighted by atomic mass is 9.96. The van der Waals surface area contributed by atoms with Gasteiger partial charge >= 0.3 is 0 Å². The van der Waals surface area contributed by atoms with E-state index in [1.54, 1.807) is 12.1 Å². The SMILES string of the molecule is COCC(F)(OC)c1ccccc1CC(C)N. The normalized spacial score (nSPS) is 16.5. The maximum absolute atomic E-state index is 14.6. The van der Waals surface area contributed by atoms with Crippen LogP contribution in [-0.4, -0.2) is 26.9 Å². The Bertz CT molecular complexity index is 357. The number of hydrogen-bond acceptors (Lipinski definition) is 3. The Labute approximate surface area is 102 Å². The number of benzene rings is 1. The van der Waals surface area contributed by atoms with Crippen molar-refractivity contribution >= 4 is 0 Å². The standard InChI is InChI=1S/C13H20FNO2/c1-10(15)8-11-6-4-5-7-12(11)13(14,17-3)9-16-2/h4-7,10H,8-9,15H2,1-3H3. The Morgan fingerprint density at radius 2 is 2.00 bits per heavy atom. The van der Waals surface area contributed by atoms with Crippen molar-refractivity contribution in [1.29, 1.82) is 0 Å². The Hall–Kier alpha value is -0.970. The molecule has 0 aliphatic heterocycles. The molecular weight excluding hydrogens is 221 g/mol. The molecule has 1 aromatic carbocycles. The van der Waals surface area contributed by atoms with Gasteiger partial charge in [0.25, 0.3) is 5.85 Å². The number of nitrogens with two attached hydrogens (primary N) is 1. The summed E-state index contributed by atoms with van der Waals surface area (Å²) in [6.45, 7) is 1.75. The molecule has 2 atom stereocenters. The van der Waals surface area contributed by atoms with Gasteiger partial charge in [-0.2, -0.15) is 0 Å². The van der Waals surface area contributed by atoms with Crippen molar-refractivity contribution in [3.05, 3.63) is 35.4 Å².